The summed E-state index contributed by atoms with van der Waals surface area (Å²) in [6.45, 7) is 2.31. The molecule has 31 heavy (non-hydrogen) atoms. The second-order valence-electron chi connectivity index (χ2n) is 7.22. The summed E-state index contributed by atoms with van der Waals surface area (Å²) in [6.07, 6.45) is 4.08. The second-order valence-corrected chi connectivity index (χ2v) is 7.65. The van der Waals surface area contributed by atoms with Crippen LogP contribution in [-0.2, 0) is 13.0 Å². The fourth-order valence-electron chi connectivity index (χ4n) is 3.52. The maximum atomic E-state index is 11.0. The molecule has 0 bridgehead atoms. The van der Waals surface area contributed by atoms with Crippen LogP contribution < -0.4 is 4.74 Å². The summed E-state index contributed by atoms with van der Waals surface area (Å²) >= 11 is 6.24. The molecule has 2 heterocycles. The van der Waals surface area contributed by atoms with Gasteiger partial charge in [0.1, 0.15) is 24.2 Å². The SMILES string of the molecule is CCCc1cc(Cl)ccc1-c1noc(C(O)c2cccnc2)c1COc1ccccc1. The van der Waals surface area contributed by atoms with Gasteiger partial charge in [-0.2, -0.15) is 0 Å². The average Bonchev–Trinajstić information content (AvgIpc) is 3.22. The van der Waals surface area contributed by atoms with Gasteiger partial charge in [0.2, 0.25) is 0 Å². The van der Waals surface area contributed by atoms with Gasteiger partial charge in [-0.3, -0.25) is 4.98 Å². The number of aliphatic hydroxyl groups is 1. The van der Waals surface area contributed by atoms with E-state index >= 15 is 0 Å². The Bertz CT molecular complexity index is 1130. The number of aromatic nitrogens is 2. The topological polar surface area (TPSA) is 68.4 Å². The molecule has 6 heteroatoms. The van der Waals surface area contributed by atoms with Crippen LogP contribution in [0.3, 0.4) is 0 Å². The third-order valence-electron chi connectivity index (χ3n) is 5.04. The van der Waals surface area contributed by atoms with Crippen molar-refractivity contribution in [3.8, 4) is 17.0 Å². The molecule has 0 amide bonds. The van der Waals surface area contributed by atoms with Crippen molar-refractivity contribution in [1.29, 1.82) is 0 Å². The van der Waals surface area contributed by atoms with E-state index in [1.807, 2.05) is 48.5 Å². The third-order valence-corrected chi connectivity index (χ3v) is 5.27. The van der Waals surface area contributed by atoms with Crippen molar-refractivity contribution in [1.82, 2.24) is 10.1 Å². The number of rotatable bonds is 8. The highest BCUT2D eigenvalue weighted by Gasteiger charge is 2.26. The van der Waals surface area contributed by atoms with Crippen LogP contribution in [0.4, 0.5) is 0 Å². The number of ether oxygens (including phenoxy) is 1. The number of halogens is 1. The van der Waals surface area contributed by atoms with Gasteiger partial charge < -0.3 is 14.4 Å². The molecule has 0 radical (unpaired) electrons. The van der Waals surface area contributed by atoms with E-state index in [1.54, 1.807) is 24.5 Å². The summed E-state index contributed by atoms with van der Waals surface area (Å²) in [5.74, 6) is 1.07. The van der Waals surface area contributed by atoms with Crippen LogP contribution in [-0.4, -0.2) is 15.2 Å². The summed E-state index contributed by atoms with van der Waals surface area (Å²) in [5.41, 5.74) is 3.96. The lowest BCUT2D eigenvalue weighted by atomic mass is 9.96. The van der Waals surface area contributed by atoms with Gasteiger partial charge in [0.25, 0.3) is 0 Å². The highest BCUT2D eigenvalue weighted by atomic mass is 35.5. The molecule has 1 unspecified atom stereocenters. The molecule has 4 aromatic rings. The summed E-state index contributed by atoms with van der Waals surface area (Å²) in [7, 11) is 0. The minimum atomic E-state index is -1.01. The van der Waals surface area contributed by atoms with Gasteiger partial charge in [0.05, 0.1) is 5.56 Å². The van der Waals surface area contributed by atoms with Crippen molar-refractivity contribution in [2.75, 3.05) is 0 Å². The van der Waals surface area contributed by atoms with Crippen LogP contribution in [0.2, 0.25) is 5.02 Å². The monoisotopic (exact) mass is 434 g/mol. The molecule has 0 aliphatic heterocycles. The lowest BCUT2D eigenvalue weighted by Gasteiger charge is -2.13. The first-order chi connectivity index (χ1) is 15.2. The van der Waals surface area contributed by atoms with Gasteiger partial charge in [-0.15, -0.1) is 0 Å². The summed E-state index contributed by atoms with van der Waals surface area (Å²) in [6, 6.07) is 18.8. The number of nitrogens with zero attached hydrogens (tertiary/aromatic N) is 2. The van der Waals surface area contributed by atoms with Gasteiger partial charge in [0, 0.05) is 28.5 Å². The molecule has 0 aliphatic carbocycles. The largest absolute Gasteiger partial charge is 0.489 e. The molecule has 4 rings (SSSR count). The van der Waals surface area contributed by atoms with E-state index in [9.17, 15) is 5.11 Å². The highest BCUT2D eigenvalue weighted by molar-refractivity contribution is 6.30. The smallest absolute Gasteiger partial charge is 0.177 e. The van der Waals surface area contributed by atoms with Gasteiger partial charge in [0.15, 0.2) is 5.76 Å². The van der Waals surface area contributed by atoms with Gasteiger partial charge in [-0.25, -0.2) is 0 Å². The van der Waals surface area contributed by atoms with E-state index in [2.05, 4.69) is 17.1 Å². The van der Waals surface area contributed by atoms with E-state index in [1.165, 1.54) is 0 Å². The van der Waals surface area contributed by atoms with Gasteiger partial charge in [-0.1, -0.05) is 60.4 Å². The first-order valence-electron chi connectivity index (χ1n) is 10.2. The molecule has 1 N–H and O–H groups in total. The quantitative estimate of drug-likeness (QED) is 0.368. The van der Waals surface area contributed by atoms with Crippen molar-refractivity contribution in [3.05, 3.63) is 101 Å². The van der Waals surface area contributed by atoms with Crippen LogP contribution in [0.5, 0.6) is 5.75 Å². The van der Waals surface area contributed by atoms with E-state index < -0.39 is 6.10 Å². The Morgan fingerprint density at radius 1 is 1.10 bits per heavy atom. The molecule has 0 aliphatic rings. The lowest BCUT2D eigenvalue weighted by molar-refractivity contribution is 0.171. The van der Waals surface area contributed by atoms with Crippen LogP contribution in [0.1, 0.15) is 41.9 Å². The molecule has 2 aromatic heterocycles. The predicted octanol–water partition coefficient (Wildman–Crippen LogP) is 6.00. The molecule has 2 aromatic carbocycles. The zero-order chi connectivity index (χ0) is 21.6. The number of hydrogen-bond acceptors (Lipinski definition) is 5. The maximum absolute atomic E-state index is 11.0. The fourth-order valence-corrected chi connectivity index (χ4v) is 3.71. The first kappa shape index (κ1) is 21.1. The molecule has 0 fully saturated rings. The summed E-state index contributed by atoms with van der Waals surface area (Å²) in [4.78, 5) is 4.10. The number of hydrogen-bond donors (Lipinski definition) is 1. The molecule has 0 saturated heterocycles. The van der Waals surface area contributed by atoms with E-state index in [4.69, 9.17) is 20.9 Å². The molecule has 0 spiro atoms. The van der Waals surface area contributed by atoms with Gasteiger partial charge in [-0.05, 0) is 42.3 Å². The zero-order valence-electron chi connectivity index (χ0n) is 17.2. The Labute approximate surface area is 186 Å². The first-order valence-corrected chi connectivity index (χ1v) is 10.6. The normalized spacial score (nSPS) is 12.0. The average molecular weight is 435 g/mol. The molecule has 158 valence electrons. The van der Waals surface area contributed by atoms with Crippen LogP contribution >= 0.6 is 11.6 Å². The van der Waals surface area contributed by atoms with E-state index in [-0.39, 0.29) is 6.61 Å². The molecule has 0 saturated carbocycles. The predicted molar refractivity (Wildman–Crippen MR) is 120 cm³/mol. The Hall–Kier alpha value is -3.15. The van der Waals surface area contributed by atoms with Crippen molar-refractivity contribution in [3.63, 3.8) is 0 Å². The van der Waals surface area contributed by atoms with Gasteiger partial charge >= 0.3 is 0 Å². The summed E-state index contributed by atoms with van der Waals surface area (Å²) in [5, 5.41) is 16.0. The molecular weight excluding hydrogens is 412 g/mol. The van der Waals surface area contributed by atoms with Crippen molar-refractivity contribution in [2.45, 2.75) is 32.5 Å². The van der Waals surface area contributed by atoms with Crippen LogP contribution in [0, 0.1) is 0 Å². The Morgan fingerprint density at radius 3 is 2.68 bits per heavy atom. The zero-order valence-corrected chi connectivity index (χ0v) is 17.9. The van der Waals surface area contributed by atoms with Crippen molar-refractivity contribution in [2.24, 2.45) is 0 Å². The summed E-state index contributed by atoms with van der Waals surface area (Å²) < 4.78 is 11.7. The Kier molecular flexibility index (Phi) is 6.65. The van der Waals surface area contributed by atoms with Crippen LogP contribution in [0.15, 0.2) is 77.6 Å². The van der Waals surface area contributed by atoms with Crippen molar-refractivity contribution >= 4 is 11.6 Å². The molecule has 1 atom stereocenters. The van der Waals surface area contributed by atoms with E-state index in [0.717, 1.165) is 29.7 Å². The number of benzene rings is 2. The minimum Gasteiger partial charge on any atom is -0.489 e. The fraction of sp³-hybridized carbons (Fsp3) is 0.200. The second kappa shape index (κ2) is 9.77. The van der Waals surface area contributed by atoms with E-state index in [0.29, 0.717) is 27.6 Å². The third kappa shape index (κ3) is 4.79. The number of para-hydroxylation sites is 1. The van der Waals surface area contributed by atoms with Crippen molar-refractivity contribution < 1.29 is 14.4 Å². The molecule has 5 nitrogen and oxygen atoms in total. The number of pyridine rings is 1. The molecular formula is C25H23ClN2O3. The number of aryl methyl sites for hydroxylation is 1. The number of aliphatic hydroxyl groups excluding tert-OH is 1. The minimum absolute atomic E-state index is 0.198. The Balaban J connectivity index is 1.77. The standard InChI is InChI=1S/C25H23ClN2O3/c1-2-7-17-14-19(26)11-12-21(17)23-22(16-30-20-9-4-3-5-10-20)25(31-28-23)24(29)18-8-6-13-27-15-18/h3-6,8-15,24,29H,2,7,16H2,1H3. The lowest BCUT2D eigenvalue weighted by Crippen LogP contribution is -2.06. The maximum Gasteiger partial charge on any atom is 0.177 e. The van der Waals surface area contributed by atoms with Crippen LogP contribution in [0.25, 0.3) is 11.3 Å². The highest BCUT2D eigenvalue weighted by Crippen LogP contribution is 2.35. The Morgan fingerprint density at radius 2 is 1.94 bits per heavy atom.